The average Bonchev–Trinajstić information content (AvgIpc) is 2.95. The first-order chi connectivity index (χ1) is 14.1. The van der Waals surface area contributed by atoms with Gasteiger partial charge in [0, 0.05) is 29.7 Å². The third kappa shape index (κ3) is 4.47. The summed E-state index contributed by atoms with van der Waals surface area (Å²) in [7, 11) is 0. The molecule has 1 aromatic heterocycles. The first-order valence-corrected chi connectivity index (χ1v) is 9.88. The van der Waals surface area contributed by atoms with Gasteiger partial charge in [-0.2, -0.15) is 0 Å². The number of rotatable bonds is 4. The molecule has 0 bridgehead atoms. The quantitative estimate of drug-likeness (QED) is 0.481. The van der Waals surface area contributed by atoms with Gasteiger partial charge >= 0.3 is 6.36 Å². The summed E-state index contributed by atoms with van der Waals surface area (Å²) in [6.07, 6.45) is -4.69. The second-order valence-corrected chi connectivity index (χ2v) is 8.40. The van der Waals surface area contributed by atoms with Crippen molar-refractivity contribution in [2.45, 2.75) is 32.3 Å². The molecule has 2 heterocycles. The Morgan fingerprint density at radius 2 is 1.80 bits per heavy atom. The molecule has 8 heteroatoms. The van der Waals surface area contributed by atoms with E-state index in [-0.39, 0.29) is 11.3 Å². The van der Waals surface area contributed by atoms with Crippen LogP contribution >= 0.6 is 11.6 Å². The van der Waals surface area contributed by atoms with Gasteiger partial charge in [-0.15, -0.1) is 13.2 Å². The lowest BCUT2D eigenvalue weighted by atomic mass is 10.0. The highest BCUT2D eigenvalue weighted by molar-refractivity contribution is 6.29. The van der Waals surface area contributed by atoms with Crippen LogP contribution in [0.1, 0.15) is 19.4 Å². The fourth-order valence-electron chi connectivity index (χ4n) is 3.86. The van der Waals surface area contributed by atoms with Crippen molar-refractivity contribution in [2.75, 3.05) is 18.1 Å². The molecule has 1 saturated heterocycles. The summed E-state index contributed by atoms with van der Waals surface area (Å²) in [5.41, 5.74) is 2.65. The van der Waals surface area contributed by atoms with E-state index in [2.05, 4.69) is 33.4 Å². The molecule has 30 heavy (non-hydrogen) atoms. The number of pyridine rings is 1. The number of fused-ring (bicyclic) bond motifs is 1. The fraction of sp³-hybridized carbons (Fsp3) is 0.318. The van der Waals surface area contributed by atoms with Crippen molar-refractivity contribution in [2.24, 2.45) is 0 Å². The molecule has 1 aliphatic rings. The highest BCUT2D eigenvalue weighted by Gasteiger charge is 2.37. The molecule has 3 aromatic rings. The van der Waals surface area contributed by atoms with Gasteiger partial charge in [0.25, 0.3) is 0 Å². The summed E-state index contributed by atoms with van der Waals surface area (Å²) >= 11 is 6.23. The van der Waals surface area contributed by atoms with Crippen LogP contribution in [0.25, 0.3) is 10.9 Å². The van der Waals surface area contributed by atoms with Gasteiger partial charge in [0.05, 0.1) is 12.2 Å². The first-order valence-electron chi connectivity index (χ1n) is 9.51. The van der Waals surface area contributed by atoms with E-state index < -0.39 is 6.36 Å². The van der Waals surface area contributed by atoms with Crippen LogP contribution < -0.4 is 9.64 Å². The molecule has 0 amide bonds. The normalized spacial score (nSPS) is 16.9. The van der Waals surface area contributed by atoms with Gasteiger partial charge < -0.3 is 9.64 Å². The van der Waals surface area contributed by atoms with Crippen LogP contribution in [-0.4, -0.2) is 35.0 Å². The molecule has 0 spiro atoms. The Bertz CT molecular complexity index is 1050. The zero-order valence-corrected chi connectivity index (χ0v) is 17.3. The van der Waals surface area contributed by atoms with Crippen LogP contribution in [0.4, 0.5) is 18.9 Å². The van der Waals surface area contributed by atoms with Crippen molar-refractivity contribution in [3.63, 3.8) is 0 Å². The highest BCUT2D eigenvalue weighted by atomic mass is 35.5. The standard InChI is InChI=1S/C22H21ClF3N3O/c1-21(2)13-28(16-7-9-17(10-8-16)30-22(24,25)26)14-29(21)12-15-11-20(23)27-19-6-4-3-5-18(15)19/h3-11H,12-14H2,1-2H3. The lowest BCUT2D eigenvalue weighted by Crippen LogP contribution is -2.39. The predicted molar refractivity (Wildman–Crippen MR) is 112 cm³/mol. The molecule has 0 N–H and O–H groups in total. The molecule has 0 atom stereocenters. The molecule has 2 aromatic carbocycles. The number of para-hydroxylation sites is 1. The van der Waals surface area contributed by atoms with Crippen LogP contribution in [0.2, 0.25) is 5.15 Å². The van der Waals surface area contributed by atoms with Crippen molar-refractivity contribution in [3.05, 3.63) is 65.3 Å². The molecule has 0 radical (unpaired) electrons. The molecule has 4 rings (SSSR count). The number of hydrogen-bond acceptors (Lipinski definition) is 4. The second kappa shape index (κ2) is 7.63. The van der Waals surface area contributed by atoms with Crippen molar-refractivity contribution >= 4 is 28.2 Å². The van der Waals surface area contributed by atoms with E-state index in [1.54, 1.807) is 12.1 Å². The average molecular weight is 436 g/mol. The molecule has 0 unspecified atom stereocenters. The summed E-state index contributed by atoms with van der Waals surface area (Å²) in [6.45, 7) is 6.36. The Kier molecular flexibility index (Phi) is 5.28. The smallest absolute Gasteiger partial charge is 0.406 e. The van der Waals surface area contributed by atoms with E-state index in [1.807, 2.05) is 30.3 Å². The van der Waals surface area contributed by atoms with Crippen molar-refractivity contribution in [3.8, 4) is 5.75 Å². The van der Waals surface area contributed by atoms with E-state index in [0.717, 1.165) is 28.7 Å². The van der Waals surface area contributed by atoms with Crippen molar-refractivity contribution in [1.82, 2.24) is 9.88 Å². The summed E-state index contributed by atoms with van der Waals surface area (Å²) in [5, 5.41) is 1.52. The van der Waals surface area contributed by atoms with E-state index in [0.29, 0.717) is 18.4 Å². The largest absolute Gasteiger partial charge is 0.573 e. The number of anilines is 1. The summed E-state index contributed by atoms with van der Waals surface area (Å²) in [4.78, 5) is 8.85. The summed E-state index contributed by atoms with van der Waals surface area (Å²) in [6, 6.07) is 15.8. The molecule has 1 fully saturated rings. The summed E-state index contributed by atoms with van der Waals surface area (Å²) < 4.78 is 41.1. The third-order valence-electron chi connectivity index (χ3n) is 5.34. The van der Waals surface area contributed by atoms with Crippen molar-refractivity contribution in [1.29, 1.82) is 0 Å². The van der Waals surface area contributed by atoms with E-state index >= 15 is 0 Å². The second-order valence-electron chi connectivity index (χ2n) is 8.01. The van der Waals surface area contributed by atoms with Gasteiger partial charge in [0.15, 0.2) is 0 Å². The molecule has 158 valence electrons. The Morgan fingerprint density at radius 1 is 1.10 bits per heavy atom. The Balaban J connectivity index is 1.54. The number of nitrogens with zero attached hydrogens (tertiary/aromatic N) is 3. The first kappa shape index (κ1) is 20.8. The topological polar surface area (TPSA) is 28.6 Å². The minimum Gasteiger partial charge on any atom is -0.406 e. The van der Waals surface area contributed by atoms with Crippen LogP contribution in [0.3, 0.4) is 0 Å². The zero-order valence-electron chi connectivity index (χ0n) is 16.6. The monoisotopic (exact) mass is 435 g/mol. The maximum absolute atomic E-state index is 12.4. The van der Waals surface area contributed by atoms with Crippen LogP contribution in [0.15, 0.2) is 54.6 Å². The lowest BCUT2D eigenvalue weighted by molar-refractivity contribution is -0.274. The molecular weight excluding hydrogens is 415 g/mol. The SMILES string of the molecule is CC1(C)CN(c2ccc(OC(F)(F)F)cc2)CN1Cc1cc(Cl)nc2ccccc12. The van der Waals surface area contributed by atoms with Gasteiger partial charge in [-0.05, 0) is 55.8 Å². The zero-order chi connectivity index (χ0) is 21.5. The van der Waals surface area contributed by atoms with Crippen LogP contribution in [0, 0.1) is 0 Å². The molecule has 0 saturated carbocycles. The van der Waals surface area contributed by atoms with Gasteiger partial charge in [0.2, 0.25) is 0 Å². The van der Waals surface area contributed by atoms with E-state index in [9.17, 15) is 13.2 Å². The minimum absolute atomic E-state index is 0.141. The Morgan fingerprint density at radius 3 is 2.50 bits per heavy atom. The molecular formula is C22H21ClF3N3O. The third-order valence-corrected chi connectivity index (χ3v) is 5.54. The van der Waals surface area contributed by atoms with Gasteiger partial charge in [-0.25, -0.2) is 4.98 Å². The molecule has 4 nitrogen and oxygen atoms in total. The number of alkyl halides is 3. The van der Waals surface area contributed by atoms with Crippen molar-refractivity contribution < 1.29 is 17.9 Å². The maximum atomic E-state index is 12.4. The highest BCUT2D eigenvalue weighted by Crippen LogP contribution is 2.33. The van der Waals surface area contributed by atoms with E-state index in [4.69, 9.17) is 11.6 Å². The Hall–Kier alpha value is -2.51. The van der Waals surface area contributed by atoms with E-state index in [1.165, 1.54) is 12.1 Å². The predicted octanol–water partition coefficient (Wildman–Crippen LogP) is 5.85. The number of benzene rings is 2. The van der Waals surface area contributed by atoms with Crippen LogP contribution in [-0.2, 0) is 6.54 Å². The maximum Gasteiger partial charge on any atom is 0.573 e. The van der Waals surface area contributed by atoms with Crippen LogP contribution in [0.5, 0.6) is 5.75 Å². The molecule has 1 aliphatic heterocycles. The number of hydrogen-bond donors (Lipinski definition) is 0. The minimum atomic E-state index is -4.69. The number of aromatic nitrogens is 1. The number of ether oxygens (including phenoxy) is 1. The fourth-order valence-corrected chi connectivity index (χ4v) is 4.08. The lowest BCUT2D eigenvalue weighted by Gasteiger charge is -2.30. The molecule has 0 aliphatic carbocycles. The Labute approximate surface area is 177 Å². The van der Waals surface area contributed by atoms with Gasteiger partial charge in [-0.3, -0.25) is 4.90 Å². The van der Waals surface area contributed by atoms with Gasteiger partial charge in [0.1, 0.15) is 10.9 Å². The number of halogens is 4. The summed E-state index contributed by atoms with van der Waals surface area (Å²) in [5.74, 6) is -0.223. The van der Waals surface area contributed by atoms with Gasteiger partial charge in [-0.1, -0.05) is 29.8 Å².